The molecule has 0 aliphatic carbocycles. The summed E-state index contributed by atoms with van der Waals surface area (Å²) in [5, 5.41) is 3.64. The lowest BCUT2D eigenvalue weighted by Gasteiger charge is -2.04. The van der Waals surface area contributed by atoms with Gasteiger partial charge in [-0.3, -0.25) is 4.68 Å². The summed E-state index contributed by atoms with van der Waals surface area (Å²) in [6, 6.07) is 0.0719. The number of aromatic nitrogens is 2. The molecule has 1 atom stereocenters. The third-order valence-electron chi connectivity index (χ3n) is 2.01. The van der Waals surface area contributed by atoms with Crippen molar-refractivity contribution in [3.63, 3.8) is 0 Å². The van der Waals surface area contributed by atoms with Gasteiger partial charge in [0.2, 0.25) is 0 Å². The SMILES string of the molecule is CC(N)CCCn1cc(C(F)(F)F)cn1. The average molecular weight is 221 g/mol. The third kappa shape index (κ3) is 3.91. The number of halogens is 3. The first-order chi connectivity index (χ1) is 6.89. The molecular formula is C9H14F3N3. The van der Waals surface area contributed by atoms with Crippen molar-refractivity contribution in [2.45, 2.75) is 38.5 Å². The highest BCUT2D eigenvalue weighted by Crippen LogP contribution is 2.28. The summed E-state index contributed by atoms with van der Waals surface area (Å²) in [6.45, 7) is 2.34. The Balaban J connectivity index is 2.47. The van der Waals surface area contributed by atoms with E-state index in [9.17, 15) is 13.2 Å². The molecule has 1 aromatic heterocycles. The number of nitrogens with two attached hydrogens (primary N) is 1. The van der Waals surface area contributed by atoms with Crippen molar-refractivity contribution >= 4 is 0 Å². The van der Waals surface area contributed by atoms with Crippen molar-refractivity contribution in [3.05, 3.63) is 18.0 Å². The summed E-state index contributed by atoms with van der Waals surface area (Å²) < 4.78 is 37.8. The number of hydrogen-bond acceptors (Lipinski definition) is 2. The molecule has 86 valence electrons. The molecule has 3 nitrogen and oxygen atoms in total. The van der Waals surface area contributed by atoms with E-state index >= 15 is 0 Å². The van der Waals surface area contributed by atoms with Gasteiger partial charge >= 0.3 is 6.18 Å². The van der Waals surface area contributed by atoms with Crippen molar-refractivity contribution in [1.82, 2.24) is 9.78 Å². The van der Waals surface area contributed by atoms with Crippen LogP contribution < -0.4 is 5.73 Å². The van der Waals surface area contributed by atoms with E-state index < -0.39 is 11.7 Å². The molecule has 2 N–H and O–H groups in total. The summed E-state index contributed by atoms with van der Waals surface area (Å²) in [4.78, 5) is 0. The molecule has 0 radical (unpaired) electrons. The molecule has 0 bridgehead atoms. The smallest absolute Gasteiger partial charge is 0.328 e. The monoisotopic (exact) mass is 221 g/mol. The fourth-order valence-corrected chi connectivity index (χ4v) is 1.21. The minimum absolute atomic E-state index is 0.0719. The zero-order valence-electron chi connectivity index (χ0n) is 8.46. The molecule has 1 rings (SSSR count). The zero-order valence-corrected chi connectivity index (χ0v) is 8.46. The third-order valence-corrected chi connectivity index (χ3v) is 2.01. The second-order valence-corrected chi connectivity index (χ2v) is 3.61. The van der Waals surface area contributed by atoms with Gasteiger partial charge in [-0.15, -0.1) is 0 Å². The first kappa shape index (κ1) is 12.0. The molecule has 1 aromatic rings. The van der Waals surface area contributed by atoms with Gasteiger partial charge in [-0.2, -0.15) is 18.3 Å². The zero-order chi connectivity index (χ0) is 11.5. The maximum Gasteiger partial charge on any atom is 0.419 e. The molecule has 15 heavy (non-hydrogen) atoms. The van der Waals surface area contributed by atoms with Gasteiger partial charge in [-0.1, -0.05) is 0 Å². The van der Waals surface area contributed by atoms with E-state index in [0.717, 1.165) is 25.2 Å². The number of rotatable bonds is 4. The van der Waals surface area contributed by atoms with E-state index in [1.165, 1.54) is 4.68 Å². The van der Waals surface area contributed by atoms with Crippen LogP contribution in [0.4, 0.5) is 13.2 Å². The quantitative estimate of drug-likeness (QED) is 0.845. The first-order valence-corrected chi connectivity index (χ1v) is 4.75. The molecule has 0 amide bonds. The molecule has 0 saturated carbocycles. The highest BCUT2D eigenvalue weighted by atomic mass is 19.4. The Morgan fingerprint density at radius 2 is 2.20 bits per heavy atom. The van der Waals surface area contributed by atoms with Gasteiger partial charge < -0.3 is 5.73 Å². The highest BCUT2D eigenvalue weighted by molar-refractivity contribution is 5.08. The Labute approximate surface area is 86.1 Å². The lowest BCUT2D eigenvalue weighted by atomic mass is 10.2. The minimum atomic E-state index is -4.31. The van der Waals surface area contributed by atoms with Crippen LogP contribution in [0.1, 0.15) is 25.3 Å². The summed E-state index contributed by atoms with van der Waals surface area (Å²) in [7, 11) is 0. The summed E-state index contributed by atoms with van der Waals surface area (Å²) >= 11 is 0. The van der Waals surface area contributed by atoms with Crippen molar-refractivity contribution in [3.8, 4) is 0 Å². The highest BCUT2D eigenvalue weighted by Gasteiger charge is 2.31. The Hall–Kier alpha value is -1.04. The summed E-state index contributed by atoms with van der Waals surface area (Å²) in [5.41, 5.74) is 4.82. The van der Waals surface area contributed by atoms with E-state index in [1.54, 1.807) is 0 Å². The number of nitrogens with zero attached hydrogens (tertiary/aromatic N) is 2. The number of hydrogen-bond donors (Lipinski definition) is 1. The maximum atomic E-state index is 12.2. The standard InChI is InChI=1S/C9H14F3N3/c1-7(13)3-2-4-15-6-8(5-14-15)9(10,11)12/h5-7H,2-4,13H2,1H3. The van der Waals surface area contributed by atoms with E-state index in [1.807, 2.05) is 6.92 Å². The van der Waals surface area contributed by atoms with Gasteiger partial charge in [-0.05, 0) is 19.8 Å². The molecule has 6 heteroatoms. The van der Waals surface area contributed by atoms with Gasteiger partial charge in [0, 0.05) is 18.8 Å². The normalized spacial score (nSPS) is 14.2. The van der Waals surface area contributed by atoms with Gasteiger partial charge in [0.1, 0.15) is 0 Å². The van der Waals surface area contributed by atoms with Crippen LogP contribution in [0.25, 0.3) is 0 Å². The lowest BCUT2D eigenvalue weighted by Crippen LogP contribution is -2.15. The average Bonchev–Trinajstić information content (AvgIpc) is 2.51. The fraction of sp³-hybridized carbons (Fsp3) is 0.667. The Morgan fingerprint density at radius 3 is 2.67 bits per heavy atom. The van der Waals surface area contributed by atoms with E-state index in [4.69, 9.17) is 5.73 Å². The van der Waals surface area contributed by atoms with E-state index in [-0.39, 0.29) is 6.04 Å². The predicted octanol–water partition coefficient (Wildman–Crippen LogP) is 2.03. The molecule has 0 fully saturated rings. The van der Waals surface area contributed by atoms with E-state index in [0.29, 0.717) is 6.54 Å². The molecule has 1 unspecified atom stereocenters. The first-order valence-electron chi connectivity index (χ1n) is 4.75. The van der Waals surface area contributed by atoms with Crippen LogP contribution in [0.15, 0.2) is 12.4 Å². The largest absolute Gasteiger partial charge is 0.419 e. The Morgan fingerprint density at radius 1 is 1.53 bits per heavy atom. The molecule has 0 spiro atoms. The fourth-order valence-electron chi connectivity index (χ4n) is 1.21. The van der Waals surface area contributed by atoms with Crippen molar-refractivity contribution < 1.29 is 13.2 Å². The predicted molar refractivity (Wildman–Crippen MR) is 50.1 cm³/mol. The minimum Gasteiger partial charge on any atom is -0.328 e. The molecule has 0 aromatic carbocycles. The van der Waals surface area contributed by atoms with Crippen LogP contribution in [0.2, 0.25) is 0 Å². The maximum absolute atomic E-state index is 12.2. The summed E-state index contributed by atoms with van der Waals surface area (Å²) in [6.07, 6.45) is -0.940. The molecule has 0 aliphatic rings. The Kier molecular flexibility index (Phi) is 3.73. The molecule has 1 heterocycles. The Bertz CT molecular complexity index is 304. The number of alkyl halides is 3. The van der Waals surface area contributed by atoms with Crippen LogP contribution in [-0.2, 0) is 12.7 Å². The van der Waals surface area contributed by atoms with Crippen molar-refractivity contribution in [2.75, 3.05) is 0 Å². The lowest BCUT2D eigenvalue weighted by molar-refractivity contribution is -0.137. The van der Waals surface area contributed by atoms with Crippen LogP contribution in [0.5, 0.6) is 0 Å². The van der Waals surface area contributed by atoms with Crippen LogP contribution in [-0.4, -0.2) is 15.8 Å². The van der Waals surface area contributed by atoms with Gasteiger partial charge in [0.05, 0.1) is 11.8 Å². The second-order valence-electron chi connectivity index (χ2n) is 3.61. The van der Waals surface area contributed by atoms with Crippen molar-refractivity contribution in [1.29, 1.82) is 0 Å². The van der Waals surface area contributed by atoms with Crippen LogP contribution in [0.3, 0.4) is 0 Å². The molecule has 0 saturated heterocycles. The van der Waals surface area contributed by atoms with Gasteiger partial charge in [0.15, 0.2) is 0 Å². The van der Waals surface area contributed by atoms with Gasteiger partial charge in [0.25, 0.3) is 0 Å². The van der Waals surface area contributed by atoms with E-state index in [2.05, 4.69) is 5.10 Å². The van der Waals surface area contributed by atoms with Crippen LogP contribution >= 0.6 is 0 Å². The molecule has 0 aliphatic heterocycles. The second kappa shape index (κ2) is 4.65. The van der Waals surface area contributed by atoms with Gasteiger partial charge in [-0.25, -0.2) is 0 Å². The van der Waals surface area contributed by atoms with Crippen molar-refractivity contribution in [2.24, 2.45) is 5.73 Å². The van der Waals surface area contributed by atoms with Crippen LogP contribution in [0, 0.1) is 0 Å². The summed E-state index contributed by atoms with van der Waals surface area (Å²) in [5.74, 6) is 0. The number of aryl methyl sites for hydroxylation is 1. The molecular weight excluding hydrogens is 207 g/mol. The topological polar surface area (TPSA) is 43.8 Å².